The van der Waals surface area contributed by atoms with E-state index in [1.54, 1.807) is 24.3 Å². The summed E-state index contributed by atoms with van der Waals surface area (Å²) in [7, 11) is 1.73. The minimum atomic E-state index is -1.72. The van der Waals surface area contributed by atoms with Crippen molar-refractivity contribution < 1.29 is 19.3 Å². The molecule has 2 aromatic heterocycles. The average molecular weight is 497 g/mol. The number of fused-ring (bicyclic) bond motifs is 1. The van der Waals surface area contributed by atoms with Gasteiger partial charge >= 0.3 is 0 Å². The maximum Gasteiger partial charge on any atom is 0.227 e. The third-order valence-electron chi connectivity index (χ3n) is 7.29. The van der Waals surface area contributed by atoms with Gasteiger partial charge in [-0.15, -0.1) is 0 Å². The van der Waals surface area contributed by atoms with Crippen LogP contribution in [0, 0.1) is 0 Å². The van der Waals surface area contributed by atoms with Crippen LogP contribution in [0.4, 0.5) is 27.7 Å². The number of rotatable bonds is 7. The number of hydrogen-bond acceptors (Lipinski definition) is 9. The number of methoxy groups -OCH3 is 1. The fourth-order valence-electron chi connectivity index (χ4n) is 4.91. The summed E-state index contributed by atoms with van der Waals surface area (Å²) in [4.78, 5) is 17.6. The van der Waals surface area contributed by atoms with Crippen LogP contribution in [0.1, 0.15) is 31.7 Å². The predicted molar refractivity (Wildman–Crippen MR) is 138 cm³/mol. The number of nitrogens with one attached hydrogen (secondary N) is 1. The second kappa shape index (κ2) is 9.76. The lowest BCUT2D eigenvalue weighted by atomic mass is 9.94. The number of halogens is 1. The molecule has 5 rings (SSSR count). The highest BCUT2D eigenvalue weighted by Gasteiger charge is 2.39. The zero-order valence-corrected chi connectivity index (χ0v) is 20.9. The Hall–Kier alpha value is -3.08. The number of pyridine rings is 1. The Morgan fingerprint density at radius 3 is 2.72 bits per heavy atom. The minimum absolute atomic E-state index is 0.0253. The third kappa shape index (κ3) is 4.68. The number of ether oxygens (including phenoxy) is 1. The Labute approximate surface area is 209 Å². The van der Waals surface area contributed by atoms with Crippen LogP contribution in [0.2, 0.25) is 0 Å². The number of anilines is 4. The predicted octanol–water partition coefficient (Wildman–Crippen LogP) is 3.00. The third-order valence-corrected chi connectivity index (χ3v) is 7.29. The molecule has 0 aliphatic carbocycles. The van der Waals surface area contributed by atoms with Gasteiger partial charge in [0.25, 0.3) is 0 Å². The van der Waals surface area contributed by atoms with E-state index >= 15 is 0 Å². The van der Waals surface area contributed by atoms with Gasteiger partial charge in [0, 0.05) is 62.7 Å². The van der Waals surface area contributed by atoms with Gasteiger partial charge in [-0.25, -0.2) is 14.4 Å². The molecule has 9 nitrogen and oxygen atoms in total. The molecule has 2 aliphatic heterocycles. The van der Waals surface area contributed by atoms with Crippen LogP contribution in [0.5, 0.6) is 0 Å². The quantitative estimate of drug-likeness (QED) is 0.455. The summed E-state index contributed by atoms with van der Waals surface area (Å²) in [6.45, 7) is 5.60. The van der Waals surface area contributed by atoms with Crippen LogP contribution in [0.3, 0.4) is 0 Å². The van der Waals surface area contributed by atoms with E-state index in [1.807, 2.05) is 19.2 Å². The molecule has 36 heavy (non-hydrogen) atoms. The van der Waals surface area contributed by atoms with Crippen LogP contribution >= 0.6 is 0 Å². The Bertz CT molecular complexity index is 1240. The monoisotopic (exact) mass is 496 g/mol. The molecule has 0 amide bonds. The van der Waals surface area contributed by atoms with Crippen molar-refractivity contribution in [1.82, 2.24) is 15.0 Å². The summed E-state index contributed by atoms with van der Waals surface area (Å²) in [6, 6.07) is 7.88. The molecular weight excluding hydrogens is 463 g/mol. The van der Waals surface area contributed by atoms with Crippen molar-refractivity contribution in [2.45, 2.75) is 44.1 Å². The highest BCUT2D eigenvalue weighted by molar-refractivity contribution is 5.98. The molecule has 2 fully saturated rings. The molecule has 4 heterocycles. The molecule has 0 bridgehead atoms. The van der Waals surface area contributed by atoms with Gasteiger partial charge in [0.1, 0.15) is 11.6 Å². The van der Waals surface area contributed by atoms with E-state index in [1.165, 1.54) is 6.92 Å². The molecule has 0 spiro atoms. The van der Waals surface area contributed by atoms with E-state index in [4.69, 9.17) is 4.74 Å². The molecule has 0 unspecified atom stereocenters. The van der Waals surface area contributed by atoms with E-state index in [0.29, 0.717) is 30.5 Å². The van der Waals surface area contributed by atoms with Gasteiger partial charge in [-0.1, -0.05) is 13.0 Å². The van der Waals surface area contributed by atoms with Crippen LogP contribution < -0.4 is 15.1 Å². The summed E-state index contributed by atoms with van der Waals surface area (Å²) in [5.74, 6) is 1.52. The molecule has 1 aromatic carbocycles. The number of aliphatic hydroxyl groups is 2. The number of alkyl halides is 1. The fraction of sp³-hybridized carbons (Fsp3) is 0.500. The van der Waals surface area contributed by atoms with E-state index in [2.05, 4.69) is 37.3 Å². The molecule has 3 atom stereocenters. The first-order valence-corrected chi connectivity index (χ1v) is 12.3. The van der Waals surface area contributed by atoms with Gasteiger partial charge < -0.3 is 30.1 Å². The van der Waals surface area contributed by atoms with E-state index in [0.717, 1.165) is 35.1 Å². The molecule has 3 aromatic rings. The van der Waals surface area contributed by atoms with Crippen molar-refractivity contribution in [2.75, 3.05) is 55.0 Å². The van der Waals surface area contributed by atoms with Crippen LogP contribution in [0.25, 0.3) is 10.8 Å². The van der Waals surface area contributed by atoms with E-state index < -0.39 is 11.8 Å². The van der Waals surface area contributed by atoms with Crippen molar-refractivity contribution in [3.8, 4) is 0 Å². The fourth-order valence-corrected chi connectivity index (χ4v) is 4.91. The van der Waals surface area contributed by atoms with Gasteiger partial charge in [0.15, 0.2) is 5.67 Å². The lowest BCUT2D eigenvalue weighted by molar-refractivity contribution is -0.00860. The number of hydrogen-bond donors (Lipinski definition) is 3. The summed E-state index contributed by atoms with van der Waals surface area (Å²) in [6.07, 6.45) is 3.03. The molecule has 10 heteroatoms. The van der Waals surface area contributed by atoms with Gasteiger partial charge in [0.05, 0.1) is 18.8 Å². The SMILES string of the molecule is COC1CN(c2ccc([C@H](C)CO)c3cc(Nc4ccnc(N5CC[C@@H](O)[C@@](C)(F)C5)n4)ncc23)C1. The Morgan fingerprint density at radius 1 is 1.19 bits per heavy atom. The first-order chi connectivity index (χ1) is 17.3. The van der Waals surface area contributed by atoms with Gasteiger partial charge in [-0.05, 0) is 42.5 Å². The summed E-state index contributed by atoms with van der Waals surface area (Å²) < 4.78 is 20.1. The number of aliphatic hydroxyl groups excluding tert-OH is 2. The molecule has 0 radical (unpaired) electrons. The van der Waals surface area contributed by atoms with Gasteiger partial charge in [-0.2, -0.15) is 4.98 Å². The topological polar surface area (TPSA) is 107 Å². The number of nitrogens with zero attached hydrogens (tertiary/aromatic N) is 5. The maximum absolute atomic E-state index is 14.7. The molecule has 2 saturated heterocycles. The van der Waals surface area contributed by atoms with Crippen LogP contribution in [-0.2, 0) is 4.74 Å². The molecule has 0 saturated carbocycles. The van der Waals surface area contributed by atoms with Crippen molar-refractivity contribution in [1.29, 1.82) is 0 Å². The van der Waals surface area contributed by atoms with Crippen LogP contribution in [-0.4, -0.2) is 82.9 Å². The van der Waals surface area contributed by atoms with Crippen molar-refractivity contribution >= 4 is 34.0 Å². The summed E-state index contributed by atoms with van der Waals surface area (Å²) in [5, 5.41) is 25.1. The first kappa shape index (κ1) is 24.6. The summed E-state index contributed by atoms with van der Waals surface area (Å²) >= 11 is 0. The van der Waals surface area contributed by atoms with Crippen molar-refractivity contribution in [2.24, 2.45) is 0 Å². The number of benzene rings is 1. The van der Waals surface area contributed by atoms with Gasteiger partial charge in [-0.3, -0.25) is 0 Å². The number of aromatic nitrogens is 3. The smallest absolute Gasteiger partial charge is 0.227 e. The summed E-state index contributed by atoms with van der Waals surface area (Å²) in [5.41, 5.74) is 0.419. The van der Waals surface area contributed by atoms with Gasteiger partial charge in [0.2, 0.25) is 5.95 Å². The zero-order valence-electron chi connectivity index (χ0n) is 20.9. The van der Waals surface area contributed by atoms with Crippen molar-refractivity contribution in [3.05, 3.63) is 42.2 Å². The highest BCUT2D eigenvalue weighted by Crippen LogP contribution is 2.36. The lowest BCUT2D eigenvalue weighted by Gasteiger charge is -2.40. The molecular formula is C26H33FN6O3. The van der Waals surface area contributed by atoms with Crippen molar-refractivity contribution in [3.63, 3.8) is 0 Å². The molecule has 2 aliphatic rings. The van der Waals surface area contributed by atoms with E-state index in [-0.39, 0.29) is 25.2 Å². The maximum atomic E-state index is 14.7. The Balaban J connectivity index is 1.43. The van der Waals surface area contributed by atoms with E-state index in [9.17, 15) is 14.6 Å². The normalized spacial score (nSPS) is 23.6. The second-order valence-corrected chi connectivity index (χ2v) is 10.0. The Morgan fingerprint density at radius 2 is 2.00 bits per heavy atom. The lowest BCUT2D eigenvalue weighted by Crippen LogP contribution is -2.52. The number of piperidine rings is 1. The highest BCUT2D eigenvalue weighted by atomic mass is 19.1. The minimum Gasteiger partial charge on any atom is -0.396 e. The average Bonchev–Trinajstić information content (AvgIpc) is 2.84. The first-order valence-electron chi connectivity index (χ1n) is 12.3. The Kier molecular flexibility index (Phi) is 6.67. The molecule has 3 N–H and O–H groups in total. The van der Waals surface area contributed by atoms with Crippen LogP contribution in [0.15, 0.2) is 36.7 Å². The second-order valence-electron chi connectivity index (χ2n) is 10.0. The zero-order chi connectivity index (χ0) is 25.4. The standard InChI is InChI=1S/C26H33FN6O3/c1-16(14-34)18-4-5-21(33-12-17(13-33)36-3)20-11-29-24(10-19(18)20)30-23-6-8-28-25(31-23)32-9-7-22(35)26(2,27)15-32/h4-6,8,10-11,16-17,22,34-35H,7,9,12-15H2,1-3H3,(H,28,29,30,31)/t16-,22-,26+/m1/s1. The largest absolute Gasteiger partial charge is 0.396 e. The molecule has 192 valence electrons.